The van der Waals surface area contributed by atoms with Gasteiger partial charge in [-0.15, -0.1) is 0 Å². The molecule has 0 heterocycles. The van der Waals surface area contributed by atoms with E-state index in [0.29, 0.717) is 0 Å². The van der Waals surface area contributed by atoms with E-state index < -0.39 is 18.4 Å². The Kier molecular flexibility index (Phi) is 4.39. The molecular formula is C12H11FO4. The highest BCUT2D eigenvalue weighted by Crippen LogP contribution is 2.24. The van der Waals surface area contributed by atoms with Gasteiger partial charge in [-0.05, 0) is 24.3 Å². The zero-order valence-electron chi connectivity index (χ0n) is 9.14. The summed E-state index contributed by atoms with van der Waals surface area (Å²) < 4.78 is 16.5. The van der Waals surface area contributed by atoms with Crippen LogP contribution in [0.2, 0.25) is 0 Å². The predicted octanol–water partition coefficient (Wildman–Crippen LogP) is 2.03. The number of halogens is 1. The van der Waals surface area contributed by atoms with Crippen LogP contribution >= 0.6 is 0 Å². The predicted molar refractivity (Wildman–Crippen MR) is 58.9 cm³/mol. The average Bonchev–Trinajstić information content (AvgIpc) is 2.25. The normalized spacial score (nSPS) is 10.5. The molecule has 0 aliphatic carbocycles. The second kappa shape index (κ2) is 5.79. The molecule has 0 aliphatic rings. The first kappa shape index (κ1) is 12.9. The van der Waals surface area contributed by atoms with Crippen LogP contribution in [0.3, 0.4) is 0 Å². The molecule has 0 radical (unpaired) electrons. The molecule has 1 aromatic carbocycles. The van der Waals surface area contributed by atoms with Gasteiger partial charge in [0.1, 0.15) is 18.2 Å². The van der Waals surface area contributed by atoms with Crippen molar-refractivity contribution in [2.24, 2.45) is 0 Å². The van der Waals surface area contributed by atoms with Crippen molar-refractivity contribution in [2.75, 3.05) is 6.67 Å². The lowest BCUT2D eigenvalue weighted by atomic mass is 10.1. The van der Waals surface area contributed by atoms with Gasteiger partial charge in [-0.3, -0.25) is 9.59 Å². The summed E-state index contributed by atoms with van der Waals surface area (Å²) in [4.78, 5) is 22.1. The molecule has 1 rings (SSSR count). The van der Waals surface area contributed by atoms with Crippen LogP contribution < -0.4 is 4.74 Å². The molecule has 1 aromatic rings. The fraction of sp³-hybridized carbons (Fsp3) is 0.167. The van der Waals surface area contributed by atoms with E-state index in [4.69, 9.17) is 4.74 Å². The number of phenols is 1. The molecule has 0 fully saturated rings. The molecule has 0 saturated carbocycles. The molecule has 17 heavy (non-hydrogen) atoms. The first-order valence-electron chi connectivity index (χ1n) is 4.83. The van der Waals surface area contributed by atoms with Gasteiger partial charge in [-0.2, -0.15) is 0 Å². The Morgan fingerprint density at radius 3 is 2.71 bits per heavy atom. The third kappa shape index (κ3) is 3.71. The molecule has 90 valence electrons. The van der Waals surface area contributed by atoms with Gasteiger partial charge in [0.05, 0.1) is 5.56 Å². The maximum Gasteiger partial charge on any atom is 0.308 e. The van der Waals surface area contributed by atoms with Gasteiger partial charge >= 0.3 is 5.97 Å². The van der Waals surface area contributed by atoms with Gasteiger partial charge in [0, 0.05) is 13.0 Å². The molecule has 0 unspecified atom stereocenters. The van der Waals surface area contributed by atoms with E-state index in [1.807, 2.05) is 0 Å². The van der Waals surface area contributed by atoms with Crippen molar-refractivity contribution in [1.29, 1.82) is 0 Å². The number of rotatable bonds is 4. The summed E-state index contributed by atoms with van der Waals surface area (Å²) in [6.07, 6.45) is 2.07. The number of hydrogen-bond acceptors (Lipinski definition) is 4. The highest BCUT2D eigenvalue weighted by Gasteiger charge is 2.10. The summed E-state index contributed by atoms with van der Waals surface area (Å²) in [7, 11) is 0. The monoisotopic (exact) mass is 238 g/mol. The number of aromatic hydroxyl groups is 1. The van der Waals surface area contributed by atoms with Crippen molar-refractivity contribution in [3.05, 3.63) is 35.9 Å². The number of carbonyl (C=O) groups is 2. The molecule has 1 N–H and O–H groups in total. The van der Waals surface area contributed by atoms with E-state index in [2.05, 4.69) is 0 Å². The van der Waals surface area contributed by atoms with E-state index in [0.717, 1.165) is 18.2 Å². The Bertz CT molecular complexity index is 466. The Morgan fingerprint density at radius 1 is 1.47 bits per heavy atom. The van der Waals surface area contributed by atoms with Crippen LogP contribution in [-0.4, -0.2) is 23.5 Å². The molecule has 0 aliphatic heterocycles. The fourth-order valence-corrected chi connectivity index (χ4v) is 1.19. The molecule has 0 saturated heterocycles. The van der Waals surface area contributed by atoms with E-state index in [1.54, 1.807) is 0 Å². The molecule has 0 spiro atoms. The van der Waals surface area contributed by atoms with Crippen LogP contribution in [0.5, 0.6) is 11.5 Å². The molecular weight excluding hydrogens is 227 g/mol. The number of carbonyl (C=O) groups excluding carboxylic acids is 2. The van der Waals surface area contributed by atoms with Crippen LogP contribution in [0.4, 0.5) is 4.39 Å². The van der Waals surface area contributed by atoms with E-state index in [1.165, 1.54) is 19.1 Å². The van der Waals surface area contributed by atoms with Crippen LogP contribution in [-0.2, 0) is 4.79 Å². The summed E-state index contributed by atoms with van der Waals surface area (Å²) in [5, 5.41) is 9.53. The summed E-state index contributed by atoms with van der Waals surface area (Å²) in [6.45, 7) is 0.470. The molecule has 0 atom stereocenters. The zero-order valence-corrected chi connectivity index (χ0v) is 9.14. The second-order valence-corrected chi connectivity index (χ2v) is 3.19. The minimum Gasteiger partial charge on any atom is -0.507 e. The van der Waals surface area contributed by atoms with Gasteiger partial charge in [0.25, 0.3) is 0 Å². The molecule has 0 amide bonds. The van der Waals surface area contributed by atoms with Gasteiger partial charge < -0.3 is 9.84 Å². The maximum atomic E-state index is 11.8. The second-order valence-electron chi connectivity index (χ2n) is 3.19. The van der Waals surface area contributed by atoms with Gasteiger partial charge in [-0.1, -0.05) is 0 Å². The first-order chi connectivity index (χ1) is 8.04. The van der Waals surface area contributed by atoms with E-state index >= 15 is 0 Å². The summed E-state index contributed by atoms with van der Waals surface area (Å²) in [5.74, 6) is -1.23. The maximum absolute atomic E-state index is 11.8. The van der Waals surface area contributed by atoms with Crippen molar-refractivity contribution in [3.63, 3.8) is 0 Å². The summed E-state index contributed by atoms with van der Waals surface area (Å²) in [5.41, 5.74) is 0.0191. The lowest BCUT2D eigenvalue weighted by Crippen LogP contribution is -2.02. The first-order valence-corrected chi connectivity index (χ1v) is 4.83. The van der Waals surface area contributed by atoms with E-state index in [9.17, 15) is 19.1 Å². The number of hydrogen-bond donors (Lipinski definition) is 1. The van der Waals surface area contributed by atoms with E-state index in [-0.39, 0.29) is 17.1 Å². The molecule has 0 aromatic heterocycles. The largest absolute Gasteiger partial charge is 0.507 e. The standard InChI is InChI=1S/C12H11FO4/c1-8(14)17-9-4-5-10(12(16)7-9)11(15)3-2-6-13/h2-5,7,16H,6H2,1H3/b3-2+. The fourth-order valence-electron chi connectivity index (χ4n) is 1.19. The minimum atomic E-state index is -0.752. The molecule has 5 heteroatoms. The average molecular weight is 238 g/mol. The SMILES string of the molecule is CC(=O)Oc1ccc(C(=O)/C=C/CF)c(O)c1. The van der Waals surface area contributed by atoms with Crippen molar-refractivity contribution in [3.8, 4) is 11.5 Å². The van der Waals surface area contributed by atoms with Gasteiger partial charge in [0.15, 0.2) is 5.78 Å². The third-order valence-electron chi connectivity index (χ3n) is 1.85. The number of ether oxygens (including phenoxy) is 1. The van der Waals surface area contributed by atoms with Crippen LogP contribution in [0.25, 0.3) is 0 Å². The Morgan fingerprint density at radius 2 is 2.18 bits per heavy atom. The van der Waals surface area contributed by atoms with Gasteiger partial charge in [0.2, 0.25) is 0 Å². The summed E-state index contributed by atoms with van der Waals surface area (Å²) >= 11 is 0. The Balaban J connectivity index is 2.93. The van der Waals surface area contributed by atoms with Crippen molar-refractivity contribution >= 4 is 11.8 Å². The number of alkyl halides is 1. The molecule has 0 bridgehead atoms. The third-order valence-corrected chi connectivity index (χ3v) is 1.85. The Hall–Kier alpha value is -2.17. The lowest BCUT2D eigenvalue weighted by molar-refractivity contribution is -0.131. The smallest absolute Gasteiger partial charge is 0.308 e. The molecule has 4 nitrogen and oxygen atoms in total. The van der Waals surface area contributed by atoms with Crippen molar-refractivity contribution in [1.82, 2.24) is 0 Å². The van der Waals surface area contributed by atoms with Crippen LogP contribution in [0.15, 0.2) is 30.4 Å². The number of phenolic OH excluding ortho intramolecular Hbond substituents is 1. The quantitative estimate of drug-likeness (QED) is 0.377. The van der Waals surface area contributed by atoms with Crippen LogP contribution in [0, 0.1) is 0 Å². The number of benzene rings is 1. The number of ketones is 1. The van der Waals surface area contributed by atoms with Gasteiger partial charge in [-0.25, -0.2) is 4.39 Å². The van der Waals surface area contributed by atoms with Crippen LogP contribution in [0.1, 0.15) is 17.3 Å². The van der Waals surface area contributed by atoms with Crippen molar-refractivity contribution < 1.29 is 23.8 Å². The number of esters is 1. The highest BCUT2D eigenvalue weighted by molar-refractivity contribution is 6.06. The summed E-state index contributed by atoms with van der Waals surface area (Å²) in [6, 6.07) is 3.83. The highest BCUT2D eigenvalue weighted by atomic mass is 19.1. The topological polar surface area (TPSA) is 63.6 Å². The van der Waals surface area contributed by atoms with Crippen molar-refractivity contribution in [2.45, 2.75) is 6.92 Å². The number of allylic oxidation sites excluding steroid dienone is 2. The zero-order chi connectivity index (χ0) is 12.8. The minimum absolute atomic E-state index is 0.0191. The Labute approximate surface area is 97.3 Å². The lowest BCUT2D eigenvalue weighted by Gasteiger charge is -2.04.